The summed E-state index contributed by atoms with van der Waals surface area (Å²) >= 11 is 5.91. The number of nitrogens with one attached hydrogen (secondary N) is 2. The number of aromatic amines is 1. The summed E-state index contributed by atoms with van der Waals surface area (Å²) in [7, 11) is 1.26. The van der Waals surface area contributed by atoms with E-state index in [1.165, 1.54) is 14.0 Å². The van der Waals surface area contributed by atoms with Gasteiger partial charge in [0.25, 0.3) is 0 Å². The van der Waals surface area contributed by atoms with E-state index in [-0.39, 0.29) is 23.7 Å². The van der Waals surface area contributed by atoms with Gasteiger partial charge in [0.1, 0.15) is 0 Å². The summed E-state index contributed by atoms with van der Waals surface area (Å²) in [4.78, 5) is 38.8. The molecule has 1 amide bonds. The molecule has 0 bridgehead atoms. The predicted molar refractivity (Wildman–Crippen MR) is 93.9 cm³/mol. The number of carbonyl (C=O) groups is 3. The lowest BCUT2D eigenvalue weighted by Crippen LogP contribution is -2.25. The highest BCUT2D eigenvalue weighted by atomic mass is 35.5. The van der Waals surface area contributed by atoms with E-state index in [1.54, 1.807) is 25.1 Å². The Labute approximate surface area is 150 Å². The average molecular weight is 363 g/mol. The van der Waals surface area contributed by atoms with Crippen LogP contribution in [0.15, 0.2) is 24.3 Å². The molecule has 0 radical (unpaired) electrons. The minimum absolute atomic E-state index is 0.0703. The number of rotatable bonds is 6. The Kier molecular flexibility index (Phi) is 5.98. The number of aromatic nitrogens is 1. The number of methoxy groups -OCH3 is 1. The molecule has 2 N–H and O–H groups in total. The zero-order valence-corrected chi connectivity index (χ0v) is 15.0. The first kappa shape index (κ1) is 18.7. The van der Waals surface area contributed by atoms with Crippen LogP contribution < -0.4 is 5.32 Å². The third kappa shape index (κ3) is 4.48. The first-order valence-electron chi connectivity index (χ1n) is 7.65. The Morgan fingerprint density at radius 1 is 1.28 bits per heavy atom. The van der Waals surface area contributed by atoms with Crippen molar-refractivity contribution in [2.75, 3.05) is 7.11 Å². The number of amides is 1. The van der Waals surface area contributed by atoms with E-state index >= 15 is 0 Å². The van der Waals surface area contributed by atoms with Crippen molar-refractivity contribution in [3.8, 4) is 0 Å². The number of Topliss-reactive ketones (excluding diaryl/α,β-unsaturated/α-hetero) is 1. The minimum atomic E-state index is -0.584. The molecular weight excluding hydrogens is 344 g/mol. The molecule has 2 aromatic rings. The highest BCUT2D eigenvalue weighted by Gasteiger charge is 2.24. The number of ketones is 1. The van der Waals surface area contributed by atoms with Crippen molar-refractivity contribution in [2.24, 2.45) is 0 Å². The van der Waals surface area contributed by atoms with Gasteiger partial charge >= 0.3 is 5.97 Å². The van der Waals surface area contributed by atoms with Gasteiger partial charge in [-0.1, -0.05) is 23.7 Å². The van der Waals surface area contributed by atoms with Crippen LogP contribution in [0.1, 0.15) is 44.6 Å². The van der Waals surface area contributed by atoms with Crippen LogP contribution in [-0.2, 0) is 22.5 Å². The Hall–Kier alpha value is -2.60. The number of hydrogen-bond acceptors (Lipinski definition) is 4. The van der Waals surface area contributed by atoms with E-state index in [0.717, 1.165) is 5.56 Å². The van der Waals surface area contributed by atoms with Crippen LogP contribution in [0.4, 0.5) is 0 Å². The molecule has 0 saturated carbocycles. The van der Waals surface area contributed by atoms with Gasteiger partial charge in [-0.05, 0) is 30.2 Å². The fourth-order valence-electron chi connectivity index (χ4n) is 2.59. The molecule has 0 spiro atoms. The Morgan fingerprint density at radius 2 is 2.00 bits per heavy atom. The highest BCUT2D eigenvalue weighted by Crippen LogP contribution is 2.20. The lowest BCUT2D eigenvalue weighted by molar-refractivity contribution is -0.120. The number of carbonyl (C=O) groups excluding carboxylic acids is 3. The van der Waals surface area contributed by atoms with Gasteiger partial charge < -0.3 is 15.0 Å². The van der Waals surface area contributed by atoms with Crippen molar-refractivity contribution in [1.29, 1.82) is 0 Å². The summed E-state index contributed by atoms with van der Waals surface area (Å²) in [5.74, 6) is -1.09. The number of H-pyrrole nitrogens is 1. The quantitative estimate of drug-likeness (QED) is 0.611. The molecule has 0 fully saturated rings. The largest absolute Gasteiger partial charge is 0.465 e. The second-order valence-electron chi connectivity index (χ2n) is 5.61. The molecule has 2 rings (SSSR count). The molecule has 0 aliphatic heterocycles. The van der Waals surface area contributed by atoms with Gasteiger partial charge in [0.2, 0.25) is 5.91 Å². The first-order chi connectivity index (χ1) is 11.8. The SMILES string of the molecule is COC(=O)c1c(CC(=O)NCc2cccc(Cl)c2)[nH]c(C(C)=O)c1C. The van der Waals surface area contributed by atoms with Crippen molar-refractivity contribution in [3.05, 3.63) is 57.4 Å². The van der Waals surface area contributed by atoms with Gasteiger partial charge in [-0.2, -0.15) is 0 Å². The minimum Gasteiger partial charge on any atom is -0.465 e. The first-order valence-corrected chi connectivity index (χ1v) is 8.03. The molecule has 0 aliphatic rings. The number of halogens is 1. The van der Waals surface area contributed by atoms with Crippen LogP contribution in [0.25, 0.3) is 0 Å². The van der Waals surface area contributed by atoms with Gasteiger partial charge in [-0.3, -0.25) is 9.59 Å². The van der Waals surface area contributed by atoms with E-state index in [9.17, 15) is 14.4 Å². The number of benzene rings is 1. The Balaban J connectivity index is 2.15. The summed E-state index contributed by atoms with van der Waals surface area (Å²) in [5.41, 5.74) is 2.24. The third-order valence-electron chi connectivity index (χ3n) is 3.79. The van der Waals surface area contributed by atoms with Gasteiger partial charge in [-0.25, -0.2) is 4.79 Å². The number of ether oxygens (including phenoxy) is 1. The van der Waals surface area contributed by atoms with Crippen molar-refractivity contribution in [1.82, 2.24) is 10.3 Å². The molecule has 0 atom stereocenters. The second-order valence-corrected chi connectivity index (χ2v) is 6.05. The second kappa shape index (κ2) is 7.98. The van der Waals surface area contributed by atoms with Crippen molar-refractivity contribution < 1.29 is 19.1 Å². The Bertz CT molecular complexity index is 826. The molecule has 0 aliphatic carbocycles. The summed E-state index contributed by atoms with van der Waals surface area (Å²) in [6, 6.07) is 7.15. The van der Waals surface area contributed by atoms with Crippen molar-refractivity contribution in [2.45, 2.75) is 26.8 Å². The van der Waals surface area contributed by atoms with Crippen LogP contribution in [0, 0.1) is 6.92 Å². The summed E-state index contributed by atoms with van der Waals surface area (Å²) in [6.07, 6.45) is -0.0703. The van der Waals surface area contributed by atoms with E-state index in [4.69, 9.17) is 16.3 Å². The third-order valence-corrected chi connectivity index (χ3v) is 4.02. The van der Waals surface area contributed by atoms with E-state index in [1.807, 2.05) is 6.07 Å². The van der Waals surface area contributed by atoms with Crippen molar-refractivity contribution >= 4 is 29.3 Å². The molecule has 0 saturated heterocycles. The molecule has 0 unspecified atom stereocenters. The Morgan fingerprint density at radius 3 is 2.60 bits per heavy atom. The topological polar surface area (TPSA) is 88.3 Å². The van der Waals surface area contributed by atoms with Crippen molar-refractivity contribution in [3.63, 3.8) is 0 Å². The monoisotopic (exact) mass is 362 g/mol. The standard InChI is InChI=1S/C18H19ClN2O4/c1-10-16(18(24)25-3)14(21-17(10)11(2)22)8-15(23)20-9-12-5-4-6-13(19)7-12/h4-7,21H,8-9H2,1-3H3,(H,20,23). The van der Waals surface area contributed by atoms with Crippen LogP contribution in [0.3, 0.4) is 0 Å². The zero-order valence-electron chi connectivity index (χ0n) is 14.2. The maximum absolute atomic E-state index is 12.2. The van der Waals surface area contributed by atoms with E-state index < -0.39 is 5.97 Å². The molecule has 1 heterocycles. The van der Waals surface area contributed by atoms with Crippen LogP contribution in [-0.4, -0.2) is 29.8 Å². The van der Waals surface area contributed by atoms with Gasteiger partial charge in [0.15, 0.2) is 5.78 Å². The van der Waals surface area contributed by atoms with Gasteiger partial charge in [-0.15, -0.1) is 0 Å². The lowest BCUT2D eigenvalue weighted by atomic mass is 10.1. The average Bonchev–Trinajstić information content (AvgIpc) is 2.89. The summed E-state index contributed by atoms with van der Waals surface area (Å²) in [5, 5.41) is 3.35. The highest BCUT2D eigenvalue weighted by molar-refractivity contribution is 6.30. The molecule has 6 nitrogen and oxygen atoms in total. The number of esters is 1. The van der Waals surface area contributed by atoms with E-state index in [0.29, 0.717) is 28.5 Å². The summed E-state index contributed by atoms with van der Waals surface area (Å²) < 4.78 is 4.76. The predicted octanol–water partition coefficient (Wildman–Crippen LogP) is 2.82. The molecule has 1 aromatic carbocycles. The normalized spacial score (nSPS) is 10.4. The van der Waals surface area contributed by atoms with Crippen LogP contribution in [0.5, 0.6) is 0 Å². The smallest absolute Gasteiger partial charge is 0.339 e. The fourth-order valence-corrected chi connectivity index (χ4v) is 2.80. The maximum Gasteiger partial charge on any atom is 0.339 e. The molecule has 132 valence electrons. The molecule has 1 aromatic heterocycles. The molecular formula is C18H19ClN2O4. The maximum atomic E-state index is 12.2. The zero-order chi connectivity index (χ0) is 18.6. The summed E-state index contributed by atoms with van der Waals surface area (Å²) in [6.45, 7) is 3.35. The molecule has 7 heteroatoms. The fraction of sp³-hybridized carbons (Fsp3) is 0.278. The lowest BCUT2D eigenvalue weighted by Gasteiger charge is -2.07. The van der Waals surface area contributed by atoms with Gasteiger partial charge in [0.05, 0.1) is 24.8 Å². The van der Waals surface area contributed by atoms with Crippen LogP contribution >= 0.6 is 11.6 Å². The number of hydrogen-bond donors (Lipinski definition) is 2. The van der Waals surface area contributed by atoms with Crippen LogP contribution in [0.2, 0.25) is 5.02 Å². The van der Waals surface area contributed by atoms with Gasteiger partial charge in [0, 0.05) is 24.2 Å². The van der Waals surface area contributed by atoms with E-state index in [2.05, 4.69) is 10.3 Å². The molecule has 25 heavy (non-hydrogen) atoms.